The van der Waals surface area contributed by atoms with Gasteiger partial charge in [0, 0.05) is 37.4 Å². The molecule has 0 saturated heterocycles. The van der Waals surface area contributed by atoms with Gasteiger partial charge in [0.1, 0.15) is 5.75 Å². The van der Waals surface area contributed by atoms with Crippen LogP contribution >= 0.6 is 11.3 Å². The van der Waals surface area contributed by atoms with E-state index in [1.807, 2.05) is 29.2 Å². The third-order valence-corrected chi connectivity index (χ3v) is 5.87. The molecule has 0 atom stereocenters. The highest BCUT2D eigenvalue weighted by molar-refractivity contribution is 7.13. The number of ether oxygens (including phenoxy) is 1. The summed E-state index contributed by atoms with van der Waals surface area (Å²) in [4.78, 5) is 32.5. The maximum Gasteiger partial charge on any atom is 0.280 e. The Morgan fingerprint density at radius 2 is 2.07 bits per heavy atom. The molecule has 150 valence electrons. The van der Waals surface area contributed by atoms with Crippen LogP contribution in [0, 0.1) is 5.92 Å². The molecule has 1 aromatic carbocycles. The monoisotopic (exact) mass is 401 g/mol. The molecule has 28 heavy (non-hydrogen) atoms. The molecule has 0 spiro atoms. The Kier molecular flexibility index (Phi) is 6.67. The number of benzene rings is 1. The summed E-state index contributed by atoms with van der Waals surface area (Å²) < 4.78 is 5.23. The number of hydrogen-bond donors (Lipinski definition) is 1. The molecule has 2 amide bonds. The van der Waals surface area contributed by atoms with Crippen LogP contribution in [0.3, 0.4) is 0 Å². The summed E-state index contributed by atoms with van der Waals surface area (Å²) in [5, 5.41) is 3.45. The molecule has 0 bridgehead atoms. The number of rotatable bonds is 6. The quantitative estimate of drug-likeness (QED) is 0.808. The van der Waals surface area contributed by atoms with Crippen LogP contribution in [-0.4, -0.2) is 48.4 Å². The van der Waals surface area contributed by atoms with Crippen LogP contribution in [0.4, 0.5) is 0 Å². The van der Waals surface area contributed by atoms with Gasteiger partial charge in [0.25, 0.3) is 5.91 Å². The topological polar surface area (TPSA) is 71.5 Å². The van der Waals surface area contributed by atoms with Crippen molar-refractivity contribution in [1.29, 1.82) is 0 Å². The predicted octanol–water partition coefficient (Wildman–Crippen LogP) is 2.71. The summed E-state index contributed by atoms with van der Waals surface area (Å²) in [7, 11) is 1.62. The average molecular weight is 402 g/mol. The average Bonchev–Trinajstić information content (AvgIpc) is 2.99. The van der Waals surface area contributed by atoms with Crippen LogP contribution in [0.15, 0.2) is 24.3 Å². The summed E-state index contributed by atoms with van der Waals surface area (Å²) in [6.07, 6.45) is 1.79. The molecule has 0 radical (unpaired) electrons. The second kappa shape index (κ2) is 9.19. The highest BCUT2D eigenvalue weighted by Crippen LogP contribution is 2.23. The molecule has 1 aromatic heterocycles. The third-order valence-electron chi connectivity index (χ3n) is 4.71. The van der Waals surface area contributed by atoms with Crippen LogP contribution in [-0.2, 0) is 24.1 Å². The lowest BCUT2D eigenvalue weighted by Gasteiger charge is -2.20. The van der Waals surface area contributed by atoms with E-state index in [0.717, 1.165) is 28.3 Å². The minimum Gasteiger partial charge on any atom is -0.497 e. The van der Waals surface area contributed by atoms with Gasteiger partial charge in [0.2, 0.25) is 5.91 Å². The van der Waals surface area contributed by atoms with Gasteiger partial charge in [-0.2, -0.15) is 0 Å². The lowest BCUT2D eigenvalue weighted by Crippen LogP contribution is -2.34. The van der Waals surface area contributed by atoms with Crippen molar-refractivity contribution in [2.24, 2.45) is 5.92 Å². The standard InChI is InChI=1S/C21H27N3O3S/c1-14(2)13-22-20(26)21-23-17-7-9-24(10-8-18(17)28-21)19(25)12-15-5-4-6-16(11-15)27-3/h4-6,11,14H,7-10,12-13H2,1-3H3,(H,22,26). The van der Waals surface area contributed by atoms with Crippen molar-refractivity contribution in [3.8, 4) is 5.75 Å². The first-order valence-corrected chi connectivity index (χ1v) is 10.5. The fourth-order valence-electron chi connectivity index (χ4n) is 3.15. The third kappa shape index (κ3) is 5.10. The van der Waals surface area contributed by atoms with Gasteiger partial charge >= 0.3 is 0 Å². The van der Waals surface area contributed by atoms with E-state index in [0.29, 0.717) is 43.4 Å². The molecule has 2 aromatic rings. The number of aromatic nitrogens is 1. The van der Waals surface area contributed by atoms with Gasteiger partial charge < -0.3 is 15.0 Å². The zero-order valence-corrected chi connectivity index (χ0v) is 17.5. The lowest BCUT2D eigenvalue weighted by molar-refractivity contribution is -0.130. The second-order valence-electron chi connectivity index (χ2n) is 7.40. The van der Waals surface area contributed by atoms with Gasteiger partial charge in [-0.15, -0.1) is 11.3 Å². The Labute approximate surface area is 169 Å². The number of amides is 2. The van der Waals surface area contributed by atoms with Crippen molar-refractivity contribution in [3.63, 3.8) is 0 Å². The first-order valence-electron chi connectivity index (χ1n) is 9.63. The molecule has 0 aliphatic carbocycles. The van der Waals surface area contributed by atoms with Gasteiger partial charge in [-0.05, 0) is 23.6 Å². The fourth-order valence-corrected chi connectivity index (χ4v) is 4.16. The Hall–Kier alpha value is -2.41. The molecule has 1 aliphatic rings. The zero-order chi connectivity index (χ0) is 20.1. The number of thiazole rings is 1. The minimum absolute atomic E-state index is 0.0993. The summed E-state index contributed by atoms with van der Waals surface area (Å²) in [5.74, 6) is 1.18. The van der Waals surface area contributed by atoms with Crippen molar-refractivity contribution in [3.05, 3.63) is 45.4 Å². The van der Waals surface area contributed by atoms with Crippen molar-refractivity contribution in [2.75, 3.05) is 26.7 Å². The molecule has 0 unspecified atom stereocenters. The normalized spacial score (nSPS) is 13.8. The van der Waals surface area contributed by atoms with Crippen LogP contribution in [0.25, 0.3) is 0 Å². The minimum atomic E-state index is -0.0993. The molecule has 1 N–H and O–H groups in total. The number of methoxy groups -OCH3 is 1. The molecule has 7 heteroatoms. The first-order chi connectivity index (χ1) is 13.5. The van der Waals surface area contributed by atoms with Crippen LogP contribution < -0.4 is 10.1 Å². The largest absolute Gasteiger partial charge is 0.497 e. The van der Waals surface area contributed by atoms with Gasteiger partial charge in [-0.3, -0.25) is 9.59 Å². The smallest absolute Gasteiger partial charge is 0.280 e. The number of hydrogen-bond acceptors (Lipinski definition) is 5. The molecule has 0 saturated carbocycles. The summed E-state index contributed by atoms with van der Waals surface area (Å²) in [5.41, 5.74) is 1.90. The van der Waals surface area contributed by atoms with E-state index < -0.39 is 0 Å². The maximum absolute atomic E-state index is 12.7. The van der Waals surface area contributed by atoms with Crippen LogP contribution in [0.1, 0.15) is 39.8 Å². The van der Waals surface area contributed by atoms with E-state index >= 15 is 0 Å². The van der Waals surface area contributed by atoms with E-state index in [-0.39, 0.29) is 11.8 Å². The van der Waals surface area contributed by atoms with E-state index in [2.05, 4.69) is 24.1 Å². The highest BCUT2D eigenvalue weighted by atomic mass is 32.1. The number of carbonyl (C=O) groups excluding carboxylic acids is 2. The van der Waals surface area contributed by atoms with Crippen molar-refractivity contribution in [1.82, 2.24) is 15.2 Å². The Morgan fingerprint density at radius 1 is 1.29 bits per heavy atom. The highest BCUT2D eigenvalue weighted by Gasteiger charge is 2.23. The summed E-state index contributed by atoms with van der Waals surface area (Å²) >= 11 is 1.45. The molecule has 2 heterocycles. The van der Waals surface area contributed by atoms with Crippen molar-refractivity contribution in [2.45, 2.75) is 33.1 Å². The maximum atomic E-state index is 12.7. The van der Waals surface area contributed by atoms with Gasteiger partial charge in [-0.1, -0.05) is 26.0 Å². The van der Waals surface area contributed by atoms with E-state index in [9.17, 15) is 9.59 Å². The number of fused-ring (bicyclic) bond motifs is 1. The van der Waals surface area contributed by atoms with E-state index in [4.69, 9.17) is 4.74 Å². The van der Waals surface area contributed by atoms with Gasteiger partial charge in [0.15, 0.2) is 5.01 Å². The van der Waals surface area contributed by atoms with E-state index in [1.54, 1.807) is 7.11 Å². The van der Waals surface area contributed by atoms with Crippen LogP contribution in [0.5, 0.6) is 5.75 Å². The lowest BCUT2D eigenvalue weighted by atomic mass is 10.1. The second-order valence-corrected chi connectivity index (χ2v) is 8.49. The Morgan fingerprint density at radius 3 is 2.82 bits per heavy atom. The first kappa shape index (κ1) is 20.3. The molecule has 3 rings (SSSR count). The SMILES string of the molecule is COc1cccc(CC(=O)N2CCc3nc(C(=O)NCC(C)C)sc3CC2)c1. The molecule has 0 fully saturated rings. The van der Waals surface area contributed by atoms with Gasteiger partial charge in [-0.25, -0.2) is 4.98 Å². The number of nitrogens with zero attached hydrogens (tertiary/aromatic N) is 2. The van der Waals surface area contributed by atoms with E-state index in [1.165, 1.54) is 11.3 Å². The Balaban J connectivity index is 1.59. The Bertz CT molecular complexity index is 822. The molecule has 6 nitrogen and oxygen atoms in total. The zero-order valence-electron chi connectivity index (χ0n) is 16.7. The fraction of sp³-hybridized carbons (Fsp3) is 0.476. The molecular weight excluding hydrogens is 374 g/mol. The van der Waals surface area contributed by atoms with Crippen molar-refractivity contribution >= 4 is 23.2 Å². The predicted molar refractivity (Wildman–Crippen MR) is 110 cm³/mol. The summed E-state index contributed by atoms with van der Waals surface area (Å²) in [6.45, 7) is 6.07. The number of carbonyl (C=O) groups is 2. The van der Waals surface area contributed by atoms with Gasteiger partial charge in [0.05, 0.1) is 19.2 Å². The molecule has 1 aliphatic heterocycles. The molecular formula is C21H27N3O3S. The number of nitrogens with one attached hydrogen (secondary N) is 1. The summed E-state index contributed by atoms with van der Waals surface area (Å²) in [6, 6.07) is 7.62. The van der Waals surface area contributed by atoms with Crippen molar-refractivity contribution < 1.29 is 14.3 Å². The van der Waals surface area contributed by atoms with Crippen LogP contribution in [0.2, 0.25) is 0 Å².